The van der Waals surface area contributed by atoms with E-state index in [9.17, 15) is 4.79 Å². The van der Waals surface area contributed by atoms with Crippen molar-refractivity contribution in [1.82, 2.24) is 10.6 Å². The van der Waals surface area contributed by atoms with E-state index in [1.807, 2.05) is 18.2 Å². The molecule has 0 aliphatic rings. The molecule has 2 amide bonds. The molecule has 0 fully saturated rings. The normalized spacial score (nSPS) is 11.9. The van der Waals surface area contributed by atoms with Crippen molar-refractivity contribution in [2.45, 2.75) is 39.7 Å². The number of anilines is 1. The minimum Gasteiger partial charge on any atom is -0.338 e. The number of carbonyl (C=O) groups is 1. The Bertz CT molecular complexity index is 393. The molecule has 0 spiro atoms. The Hall–Kier alpha value is -1.55. The third kappa shape index (κ3) is 5.75. The molecule has 1 unspecified atom stereocenters. The number of carbonyl (C=O) groups excluding carboxylic acids is 1. The van der Waals surface area contributed by atoms with Crippen LogP contribution < -0.4 is 16.0 Å². The number of hydrogen-bond donors (Lipinski definition) is 3. The van der Waals surface area contributed by atoms with E-state index in [-0.39, 0.29) is 12.1 Å². The summed E-state index contributed by atoms with van der Waals surface area (Å²) in [5, 5.41) is 9.06. The van der Waals surface area contributed by atoms with Crippen molar-refractivity contribution in [3.8, 4) is 0 Å². The fourth-order valence-electron chi connectivity index (χ4n) is 1.86. The lowest BCUT2D eigenvalue weighted by Gasteiger charge is -2.14. The Morgan fingerprint density at radius 1 is 1.32 bits per heavy atom. The molecule has 1 aromatic rings. The summed E-state index contributed by atoms with van der Waals surface area (Å²) in [6, 6.07) is 8.09. The summed E-state index contributed by atoms with van der Waals surface area (Å²) in [6.07, 6.45) is 2.08. The largest absolute Gasteiger partial charge is 0.338 e. The highest BCUT2D eigenvalue weighted by Crippen LogP contribution is 2.17. The summed E-state index contributed by atoms with van der Waals surface area (Å²) < 4.78 is 0. The molecule has 0 aliphatic carbocycles. The molecular formula is C15H25N3O. The SMILES string of the molecule is CCCCNC(=O)Nc1cccc(C(C)NCC)c1. The van der Waals surface area contributed by atoms with E-state index < -0.39 is 0 Å². The van der Waals surface area contributed by atoms with E-state index in [0.717, 1.165) is 31.6 Å². The summed E-state index contributed by atoms with van der Waals surface area (Å²) in [4.78, 5) is 11.7. The van der Waals surface area contributed by atoms with Gasteiger partial charge in [0.25, 0.3) is 0 Å². The Morgan fingerprint density at radius 2 is 2.11 bits per heavy atom. The number of rotatable bonds is 7. The van der Waals surface area contributed by atoms with Crippen LogP contribution in [0.5, 0.6) is 0 Å². The first-order chi connectivity index (χ1) is 9.17. The van der Waals surface area contributed by atoms with E-state index >= 15 is 0 Å². The van der Waals surface area contributed by atoms with Crippen LogP contribution in [0.15, 0.2) is 24.3 Å². The third-order valence-electron chi connectivity index (χ3n) is 2.97. The zero-order chi connectivity index (χ0) is 14.1. The predicted molar refractivity (Wildman–Crippen MR) is 80.5 cm³/mol. The van der Waals surface area contributed by atoms with Crippen molar-refractivity contribution < 1.29 is 4.79 Å². The molecule has 0 heterocycles. The van der Waals surface area contributed by atoms with Crippen LogP contribution in [-0.2, 0) is 0 Å². The summed E-state index contributed by atoms with van der Waals surface area (Å²) >= 11 is 0. The van der Waals surface area contributed by atoms with E-state index in [2.05, 4.69) is 42.8 Å². The van der Waals surface area contributed by atoms with Gasteiger partial charge in [-0.15, -0.1) is 0 Å². The van der Waals surface area contributed by atoms with Gasteiger partial charge in [0.05, 0.1) is 0 Å². The van der Waals surface area contributed by atoms with Crippen LogP contribution in [0.2, 0.25) is 0 Å². The lowest BCUT2D eigenvalue weighted by molar-refractivity contribution is 0.252. The molecule has 0 aliphatic heterocycles. The van der Waals surface area contributed by atoms with Crippen LogP contribution in [0.3, 0.4) is 0 Å². The van der Waals surface area contributed by atoms with Gasteiger partial charge in [0.15, 0.2) is 0 Å². The van der Waals surface area contributed by atoms with Gasteiger partial charge in [-0.25, -0.2) is 4.79 Å². The number of amides is 2. The number of unbranched alkanes of at least 4 members (excludes halogenated alkanes) is 1. The highest BCUT2D eigenvalue weighted by molar-refractivity contribution is 5.89. The molecule has 1 aromatic carbocycles. The average Bonchev–Trinajstić information content (AvgIpc) is 2.39. The molecule has 0 bridgehead atoms. The molecular weight excluding hydrogens is 238 g/mol. The second-order valence-corrected chi connectivity index (χ2v) is 4.64. The molecule has 4 nitrogen and oxygen atoms in total. The summed E-state index contributed by atoms with van der Waals surface area (Å²) in [5.41, 5.74) is 2.00. The second kappa shape index (κ2) is 8.53. The second-order valence-electron chi connectivity index (χ2n) is 4.64. The first-order valence-corrected chi connectivity index (χ1v) is 7.05. The predicted octanol–water partition coefficient (Wildman–Crippen LogP) is 3.28. The van der Waals surface area contributed by atoms with Gasteiger partial charge in [-0.05, 0) is 37.6 Å². The molecule has 1 atom stereocenters. The molecule has 3 N–H and O–H groups in total. The zero-order valence-electron chi connectivity index (χ0n) is 12.1. The number of benzene rings is 1. The maximum Gasteiger partial charge on any atom is 0.319 e. The van der Waals surface area contributed by atoms with Crippen LogP contribution in [-0.4, -0.2) is 19.1 Å². The number of hydrogen-bond acceptors (Lipinski definition) is 2. The number of nitrogens with one attached hydrogen (secondary N) is 3. The van der Waals surface area contributed by atoms with Gasteiger partial charge in [0, 0.05) is 18.3 Å². The van der Waals surface area contributed by atoms with Gasteiger partial charge in [-0.2, -0.15) is 0 Å². The van der Waals surface area contributed by atoms with Gasteiger partial charge in [-0.1, -0.05) is 32.4 Å². The third-order valence-corrected chi connectivity index (χ3v) is 2.97. The van der Waals surface area contributed by atoms with Gasteiger partial charge >= 0.3 is 6.03 Å². The monoisotopic (exact) mass is 263 g/mol. The van der Waals surface area contributed by atoms with Crippen molar-refractivity contribution in [3.63, 3.8) is 0 Å². The van der Waals surface area contributed by atoms with Gasteiger partial charge < -0.3 is 16.0 Å². The lowest BCUT2D eigenvalue weighted by atomic mass is 10.1. The standard InChI is InChI=1S/C15H25N3O/c1-4-6-10-17-15(19)18-14-9-7-8-13(11-14)12(3)16-5-2/h7-9,11-12,16H,4-6,10H2,1-3H3,(H2,17,18,19). The highest BCUT2D eigenvalue weighted by atomic mass is 16.2. The fraction of sp³-hybridized carbons (Fsp3) is 0.533. The first kappa shape index (κ1) is 15.5. The van der Waals surface area contributed by atoms with E-state index in [1.54, 1.807) is 0 Å². The zero-order valence-corrected chi connectivity index (χ0v) is 12.1. The van der Waals surface area contributed by atoms with Crippen molar-refractivity contribution in [2.75, 3.05) is 18.4 Å². The minimum atomic E-state index is -0.137. The first-order valence-electron chi connectivity index (χ1n) is 7.05. The van der Waals surface area contributed by atoms with Crippen LogP contribution in [0, 0.1) is 0 Å². The van der Waals surface area contributed by atoms with E-state index in [0.29, 0.717) is 0 Å². The van der Waals surface area contributed by atoms with E-state index in [1.165, 1.54) is 5.56 Å². The molecule has 19 heavy (non-hydrogen) atoms. The molecule has 0 aromatic heterocycles. The quantitative estimate of drug-likeness (QED) is 0.661. The highest BCUT2D eigenvalue weighted by Gasteiger charge is 2.06. The Morgan fingerprint density at radius 3 is 2.79 bits per heavy atom. The van der Waals surface area contributed by atoms with Crippen LogP contribution >= 0.6 is 0 Å². The fourth-order valence-corrected chi connectivity index (χ4v) is 1.86. The van der Waals surface area contributed by atoms with Crippen molar-refractivity contribution >= 4 is 11.7 Å². The van der Waals surface area contributed by atoms with E-state index in [4.69, 9.17) is 0 Å². The van der Waals surface area contributed by atoms with Gasteiger partial charge in [0.1, 0.15) is 0 Å². The van der Waals surface area contributed by atoms with Gasteiger partial charge in [0.2, 0.25) is 0 Å². The smallest absolute Gasteiger partial charge is 0.319 e. The molecule has 0 saturated heterocycles. The Balaban J connectivity index is 2.54. The molecule has 0 saturated carbocycles. The van der Waals surface area contributed by atoms with Crippen molar-refractivity contribution in [2.24, 2.45) is 0 Å². The Labute approximate surface area is 116 Å². The summed E-state index contributed by atoms with van der Waals surface area (Å²) in [5.74, 6) is 0. The van der Waals surface area contributed by atoms with Crippen LogP contribution in [0.1, 0.15) is 45.2 Å². The molecule has 4 heteroatoms. The van der Waals surface area contributed by atoms with Crippen molar-refractivity contribution in [1.29, 1.82) is 0 Å². The Kier molecular flexibility index (Phi) is 6.97. The summed E-state index contributed by atoms with van der Waals surface area (Å²) in [7, 11) is 0. The maximum atomic E-state index is 11.7. The molecule has 1 rings (SSSR count). The van der Waals surface area contributed by atoms with Crippen LogP contribution in [0.4, 0.5) is 10.5 Å². The van der Waals surface area contributed by atoms with Crippen LogP contribution in [0.25, 0.3) is 0 Å². The van der Waals surface area contributed by atoms with Gasteiger partial charge in [-0.3, -0.25) is 0 Å². The molecule has 0 radical (unpaired) electrons. The van der Waals surface area contributed by atoms with Crippen molar-refractivity contribution in [3.05, 3.63) is 29.8 Å². The maximum absolute atomic E-state index is 11.7. The summed E-state index contributed by atoms with van der Waals surface area (Å²) in [6.45, 7) is 7.95. The number of urea groups is 1. The lowest BCUT2D eigenvalue weighted by Crippen LogP contribution is -2.29. The molecule has 106 valence electrons. The average molecular weight is 263 g/mol. The minimum absolute atomic E-state index is 0.137. The topological polar surface area (TPSA) is 53.2 Å².